The molecule has 0 bridgehead atoms. The molecule has 2 rings (SSSR count). The number of nitriles is 1. The van der Waals surface area contributed by atoms with Gasteiger partial charge in [-0.3, -0.25) is 0 Å². The number of rotatable bonds is 7. The Balaban J connectivity index is 2.23. The summed E-state index contributed by atoms with van der Waals surface area (Å²) in [5.41, 5.74) is 2.95. The van der Waals surface area contributed by atoms with Gasteiger partial charge in [0.2, 0.25) is 0 Å². The standard InChI is InChI=1S/C15H21N3O/c1-17-11-12-3-6-15(13(9-12)10-16)18(7-8-19-2)14-4-5-14/h3,6,9,14,17H,4-5,7-8,11H2,1-2H3. The summed E-state index contributed by atoms with van der Waals surface area (Å²) in [6.45, 7) is 2.33. The minimum atomic E-state index is 0.581. The Kier molecular flexibility index (Phi) is 4.78. The topological polar surface area (TPSA) is 48.3 Å². The molecule has 0 spiro atoms. The van der Waals surface area contributed by atoms with Gasteiger partial charge in [0.1, 0.15) is 6.07 Å². The van der Waals surface area contributed by atoms with Gasteiger partial charge in [-0.05, 0) is 37.6 Å². The van der Waals surface area contributed by atoms with Crippen LogP contribution in [0, 0.1) is 11.3 Å². The second-order valence-corrected chi connectivity index (χ2v) is 4.91. The lowest BCUT2D eigenvalue weighted by Crippen LogP contribution is -2.30. The van der Waals surface area contributed by atoms with E-state index in [9.17, 15) is 5.26 Å². The van der Waals surface area contributed by atoms with Gasteiger partial charge in [0.05, 0.1) is 17.9 Å². The fourth-order valence-electron chi connectivity index (χ4n) is 2.31. The first-order valence-corrected chi connectivity index (χ1v) is 6.73. The molecule has 19 heavy (non-hydrogen) atoms. The van der Waals surface area contributed by atoms with Crippen molar-refractivity contribution in [1.82, 2.24) is 5.32 Å². The summed E-state index contributed by atoms with van der Waals surface area (Å²) in [5.74, 6) is 0. The first-order chi connectivity index (χ1) is 9.30. The van der Waals surface area contributed by atoms with Crippen LogP contribution in [0.4, 0.5) is 5.69 Å². The van der Waals surface area contributed by atoms with Crippen LogP contribution in [0.3, 0.4) is 0 Å². The third-order valence-electron chi connectivity index (χ3n) is 3.40. The maximum absolute atomic E-state index is 9.36. The van der Waals surface area contributed by atoms with Gasteiger partial charge in [0.15, 0.2) is 0 Å². The fraction of sp³-hybridized carbons (Fsp3) is 0.533. The largest absolute Gasteiger partial charge is 0.383 e. The minimum Gasteiger partial charge on any atom is -0.383 e. The molecular weight excluding hydrogens is 238 g/mol. The first-order valence-electron chi connectivity index (χ1n) is 6.73. The third kappa shape index (κ3) is 3.46. The van der Waals surface area contributed by atoms with E-state index >= 15 is 0 Å². The summed E-state index contributed by atoms with van der Waals surface area (Å²) >= 11 is 0. The predicted molar refractivity (Wildman–Crippen MR) is 76.2 cm³/mol. The number of hydrogen-bond acceptors (Lipinski definition) is 4. The van der Waals surface area contributed by atoms with Crippen LogP contribution in [-0.4, -0.2) is 33.4 Å². The van der Waals surface area contributed by atoms with Gasteiger partial charge >= 0.3 is 0 Å². The van der Waals surface area contributed by atoms with E-state index < -0.39 is 0 Å². The number of ether oxygens (including phenoxy) is 1. The molecule has 1 aromatic carbocycles. The Labute approximate surface area is 115 Å². The number of benzene rings is 1. The van der Waals surface area contributed by atoms with Crippen LogP contribution in [0.1, 0.15) is 24.0 Å². The molecule has 0 heterocycles. The van der Waals surface area contributed by atoms with Crippen molar-refractivity contribution in [2.75, 3.05) is 32.2 Å². The van der Waals surface area contributed by atoms with Gasteiger partial charge in [0.25, 0.3) is 0 Å². The molecular formula is C15H21N3O. The number of anilines is 1. The predicted octanol–water partition coefficient (Wildman–Crippen LogP) is 1.89. The molecule has 0 aromatic heterocycles. The van der Waals surface area contributed by atoms with Gasteiger partial charge < -0.3 is 15.0 Å². The van der Waals surface area contributed by atoms with Crippen molar-refractivity contribution < 1.29 is 4.74 Å². The quantitative estimate of drug-likeness (QED) is 0.812. The zero-order valence-corrected chi connectivity index (χ0v) is 11.6. The van der Waals surface area contributed by atoms with Crippen molar-refractivity contribution in [3.8, 4) is 6.07 Å². The SMILES string of the molecule is CNCc1ccc(N(CCOC)C2CC2)c(C#N)c1. The van der Waals surface area contributed by atoms with E-state index in [0.717, 1.165) is 29.9 Å². The van der Waals surface area contributed by atoms with Crippen LogP contribution < -0.4 is 10.2 Å². The zero-order chi connectivity index (χ0) is 13.7. The highest BCUT2D eigenvalue weighted by atomic mass is 16.5. The molecule has 0 aliphatic heterocycles. The number of methoxy groups -OCH3 is 1. The van der Waals surface area contributed by atoms with Gasteiger partial charge in [0, 0.05) is 26.2 Å². The number of nitrogens with one attached hydrogen (secondary N) is 1. The molecule has 102 valence electrons. The summed E-state index contributed by atoms with van der Waals surface area (Å²) in [4.78, 5) is 2.31. The highest BCUT2D eigenvalue weighted by molar-refractivity contribution is 5.61. The molecule has 1 aliphatic carbocycles. The summed E-state index contributed by atoms with van der Waals surface area (Å²) in [6.07, 6.45) is 2.43. The molecule has 0 saturated heterocycles. The number of nitrogens with zero attached hydrogens (tertiary/aromatic N) is 2. The van der Waals surface area contributed by atoms with Crippen molar-refractivity contribution in [1.29, 1.82) is 5.26 Å². The average molecular weight is 259 g/mol. The summed E-state index contributed by atoms with van der Waals surface area (Å²) in [6, 6.07) is 9.05. The van der Waals surface area contributed by atoms with Gasteiger partial charge in [-0.15, -0.1) is 0 Å². The van der Waals surface area contributed by atoms with Crippen molar-refractivity contribution in [3.63, 3.8) is 0 Å². The van der Waals surface area contributed by atoms with Crippen LogP contribution in [0.2, 0.25) is 0 Å². The fourth-order valence-corrected chi connectivity index (χ4v) is 2.31. The van der Waals surface area contributed by atoms with E-state index in [0.29, 0.717) is 12.6 Å². The van der Waals surface area contributed by atoms with Crippen molar-refractivity contribution in [2.24, 2.45) is 0 Å². The zero-order valence-electron chi connectivity index (χ0n) is 11.6. The summed E-state index contributed by atoms with van der Waals surface area (Å²) in [7, 11) is 3.63. The van der Waals surface area contributed by atoms with E-state index in [-0.39, 0.29) is 0 Å². The Morgan fingerprint density at radius 1 is 1.47 bits per heavy atom. The average Bonchev–Trinajstić information content (AvgIpc) is 3.25. The van der Waals surface area contributed by atoms with Gasteiger partial charge in [-0.25, -0.2) is 0 Å². The monoisotopic (exact) mass is 259 g/mol. The Hall–Kier alpha value is -1.57. The highest BCUT2D eigenvalue weighted by Gasteiger charge is 2.30. The molecule has 1 fully saturated rings. The Morgan fingerprint density at radius 2 is 2.26 bits per heavy atom. The van der Waals surface area contributed by atoms with Crippen molar-refractivity contribution in [2.45, 2.75) is 25.4 Å². The maximum atomic E-state index is 9.36. The smallest absolute Gasteiger partial charge is 0.101 e. The second-order valence-electron chi connectivity index (χ2n) is 4.91. The third-order valence-corrected chi connectivity index (χ3v) is 3.40. The van der Waals surface area contributed by atoms with Gasteiger partial charge in [-0.2, -0.15) is 5.26 Å². The molecule has 1 N–H and O–H groups in total. The molecule has 0 unspecified atom stereocenters. The molecule has 4 heteroatoms. The van der Waals surface area contributed by atoms with E-state index in [1.54, 1.807) is 7.11 Å². The molecule has 1 saturated carbocycles. The van der Waals surface area contributed by atoms with Gasteiger partial charge in [-0.1, -0.05) is 6.07 Å². The van der Waals surface area contributed by atoms with E-state index in [4.69, 9.17) is 4.74 Å². The lowest BCUT2D eigenvalue weighted by Gasteiger charge is -2.25. The Bertz CT molecular complexity index is 463. The molecule has 1 aromatic rings. The van der Waals surface area contributed by atoms with Crippen LogP contribution in [-0.2, 0) is 11.3 Å². The normalized spacial score (nSPS) is 14.2. The molecule has 0 radical (unpaired) electrons. The van der Waals surface area contributed by atoms with E-state index in [2.05, 4.69) is 28.4 Å². The highest BCUT2D eigenvalue weighted by Crippen LogP contribution is 2.33. The molecule has 0 amide bonds. The maximum Gasteiger partial charge on any atom is 0.101 e. The lowest BCUT2D eigenvalue weighted by atomic mass is 10.1. The van der Waals surface area contributed by atoms with E-state index in [1.165, 1.54) is 12.8 Å². The van der Waals surface area contributed by atoms with Crippen LogP contribution in [0.5, 0.6) is 0 Å². The lowest BCUT2D eigenvalue weighted by molar-refractivity contribution is 0.205. The van der Waals surface area contributed by atoms with Crippen LogP contribution >= 0.6 is 0 Å². The van der Waals surface area contributed by atoms with Crippen molar-refractivity contribution >= 4 is 5.69 Å². The summed E-state index contributed by atoms with van der Waals surface area (Å²) < 4.78 is 5.17. The summed E-state index contributed by atoms with van der Waals surface area (Å²) in [5, 5.41) is 12.5. The second kappa shape index (κ2) is 6.55. The number of hydrogen-bond donors (Lipinski definition) is 1. The molecule has 0 atom stereocenters. The van der Waals surface area contributed by atoms with Crippen molar-refractivity contribution in [3.05, 3.63) is 29.3 Å². The Morgan fingerprint density at radius 3 is 2.84 bits per heavy atom. The molecule has 4 nitrogen and oxygen atoms in total. The minimum absolute atomic E-state index is 0.581. The molecule has 1 aliphatic rings. The van der Waals surface area contributed by atoms with E-state index in [1.807, 2.05) is 13.1 Å². The van der Waals surface area contributed by atoms with Crippen LogP contribution in [0.25, 0.3) is 0 Å². The van der Waals surface area contributed by atoms with Crippen LogP contribution in [0.15, 0.2) is 18.2 Å². The first kappa shape index (κ1) is 13.9.